The fourth-order valence-corrected chi connectivity index (χ4v) is 2.25. The third kappa shape index (κ3) is 4.20. The first-order chi connectivity index (χ1) is 8.61. The standard InChI is InChI=1S/C12H19N3O3S/c1-6-7(2)19-11(13-6)15-10(18)14-8(9(16)17)12(3,4)5/h8H,1-5H3,(H,16,17)(H2,13,14,15,18)/t8-/m1/s1. The third-order valence-corrected chi connectivity index (χ3v) is 3.63. The molecule has 1 aromatic heterocycles. The molecule has 1 heterocycles. The summed E-state index contributed by atoms with van der Waals surface area (Å²) >= 11 is 1.36. The van der Waals surface area contributed by atoms with Crippen molar-refractivity contribution in [3.63, 3.8) is 0 Å². The molecule has 0 bridgehead atoms. The number of nitrogens with zero attached hydrogens (tertiary/aromatic N) is 1. The number of carboxylic acid groups (broad SMARTS) is 1. The van der Waals surface area contributed by atoms with Gasteiger partial charge < -0.3 is 10.4 Å². The highest BCUT2D eigenvalue weighted by Gasteiger charge is 2.32. The molecule has 0 unspecified atom stereocenters. The van der Waals surface area contributed by atoms with Gasteiger partial charge in [-0.05, 0) is 19.3 Å². The molecule has 0 saturated heterocycles. The Bertz CT molecular complexity index is 471. The number of hydrogen-bond donors (Lipinski definition) is 3. The molecule has 0 aromatic carbocycles. The lowest BCUT2D eigenvalue weighted by atomic mass is 9.87. The molecule has 1 aromatic rings. The maximum atomic E-state index is 11.8. The van der Waals surface area contributed by atoms with Crippen molar-refractivity contribution in [3.8, 4) is 0 Å². The van der Waals surface area contributed by atoms with Crippen molar-refractivity contribution in [2.24, 2.45) is 5.41 Å². The summed E-state index contributed by atoms with van der Waals surface area (Å²) in [7, 11) is 0. The molecule has 0 spiro atoms. The fraction of sp³-hybridized carbons (Fsp3) is 0.583. The predicted molar refractivity (Wildman–Crippen MR) is 74.6 cm³/mol. The van der Waals surface area contributed by atoms with Gasteiger partial charge in [-0.2, -0.15) is 0 Å². The van der Waals surface area contributed by atoms with Crippen LogP contribution in [0.3, 0.4) is 0 Å². The summed E-state index contributed by atoms with van der Waals surface area (Å²) in [5, 5.41) is 14.6. The molecule has 0 aliphatic heterocycles. The Labute approximate surface area is 116 Å². The first-order valence-electron chi connectivity index (χ1n) is 5.85. The van der Waals surface area contributed by atoms with Gasteiger partial charge in [0.05, 0.1) is 5.69 Å². The number of rotatable bonds is 3. The minimum Gasteiger partial charge on any atom is -0.480 e. The average molecular weight is 285 g/mol. The van der Waals surface area contributed by atoms with Crippen molar-refractivity contribution < 1.29 is 14.7 Å². The van der Waals surface area contributed by atoms with Crippen LogP contribution in [0.25, 0.3) is 0 Å². The van der Waals surface area contributed by atoms with Crippen LogP contribution in [0.5, 0.6) is 0 Å². The van der Waals surface area contributed by atoms with E-state index in [1.165, 1.54) is 11.3 Å². The van der Waals surface area contributed by atoms with E-state index in [2.05, 4.69) is 15.6 Å². The van der Waals surface area contributed by atoms with E-state index >= 15 is 0 Å². The number of hydrogen-bond acceptors (Lipinski definition) is 4. The SMILES string of the molecule is Cc1nc(NC(=O)N[C@H](C(=O)O)C(C)(C)C)sc1C. The summed E-state index contributed by atoms with van der Waals surface area (Å²) in [6.45, 7) is 9.02. The molecule has 7 heteroatoms. The summed E-state index contributed by atoms with van der Waals surface area (Å²) in [5.41, 5.74) is 0.281. The van der Waals surface area contributed by atoms with Gasteiger partial charge in [-0.1, -0.05) is 20.8 Å². The normalized spacial score (nSPS) is 12.9. The molecule has 0 fully saturated rings. The Morgan fingerprint density at radius 3 is 2.26 bits per heavy atom. The van der Waals surface area contributed by atoms with E-state index in [4.69, 9.17) is 5.11 Å². The number of carboxylic acids is 1. The van der Waals surface area contributed by atoms with Crippen molar-refractivity contribution in [1.82, 2.24) is 10.3 Å². The quantitative estimate of drug-likeness (QED) is 0.795. The van der Waals surface area contributed by atoms with Crippen LogP contribution in [0.1, 0.15) is 31.3 Å². The third-order valence-electron chi connectivity index (χ3n) is 2.64. The van der Waals surface area contributed by atoms with Crippen molar-refractivity contribution >= 4 is 28.5 Å². The lowest BCUT2D eigenvalue weighted by molar-refractivity contribution is -0.141. The maximum absolute atomic E-state index is 11.8. The summed E-state index contributed by atoms with van der Waals surface area (Å²) in [4.78, 5) is 28.1. The summed E-state index contributed by atoms with van der Waals surface area (Å²) in [6, 6.07) is -1.52. The van der Waals surface area contributed by atoms with Crippen LogP contribution >= 0.6 is 11.3 Å². The van der Waals surface area contributed by atoms with Gasteiger partial charge in [-0.3, -0.25) is 5.32 Å². The molecule has 19 heavy (non-hydrogen) atoms. The number of amides is 2. The van der Waals surface area contributed by atoms with E-state index < -0.39 is 23.5 Å². The van der Waals surface area contributed by atoms with Crippen LogP contribution in [0.15, 0.2) is 0 Å². The monoisotopic (exact) mass is 285 g/mol. The van der Waals surface area contributed by atoms with Crippen LogP contribution in [-0.4, -0.2) is 28.1 Å². The predicted octanol–water partition coefficient (Wildman–Crippen LogP) is 2.38. The van der Waals surface area contributed by atoms with Crippen LogP contribution in [-0.2, 0) is 4.79 Å². The highest BCUT2D eigenvalue weighted by atomic mass is 32.1. The van der Waals surface area contributed by atoms with Gasteiger partial charge in [0.1, 0.15) is 6.04 Å². The molecule has 3 N–H and O–H groups in total. The maximum Gasteiger partial charge on any atom is 0.326 e. The summed E-state index contributed by atoms with van der Waals surface area (Å²) in [5.74, 6) is -1.06. The Kier molecular flexibility index (Phi) is 4.52. The second kappa shape index (κ2) is 5.56. The molecule has 6 nitrogen and oxygen atoms in total. The van der Waals surface area contributed by atoms with Crippen molar-refractivity contribution in [3.05, 3.63) is 10.6 Å². The van der Waals surface area contributed by atoms with Gasteiger partial charge in [0, 0.05) is 4.88 Å². The topological polar surface area (TPSA) is 91.3 Å². The highest BCUT2D eigenvalue weighted by molar-refractivity contribution is 7.15. The van der Waals surface area contributed by atoms with Crippen LogP contribution in [0.2, 0.25) is 0 Å². The molecule has 1 rings (SSSR count). The number of aliphatic carboxylic acids is 1. The van der Waals surface area contributed by atoms with E-state index in [-0.39, 0.29) is 0 Å². The van der Waals surface area contributed by atoms with Crippen molar-refractivity contribution in [1.29, 1.82) is 0 Å². The zero-order chi connectivity index (χ0) is 14.8. The number of carbonyl (C=O) groups is 2. The van der Waals surface area contributed by atoms with Crippen LogP contribution < -0.4 is 10.6 Å². The Morgan fingerprint density at radius 2 is 1.89 bits per heavy atom. The molecule has 0 aliphatic rings. The minimum absolute atomic E-state index is 0.463. The van der Waals surface area contributed by atoms with E-state index in [1.54, 1.807) is 20.8 Å². The van der Waals surface area contributed by atoms with Gasteiger partial charge in [-0.15, -0.1) is 11.3 Å². The van der Waals surface area contributed by atoms with E-state index in [1.807, 2.05) is 13.8 Å². The smallest absolute Gasteiger partial charge is 0.326 e. The number of nitrogens with one attached hydrogen (secondary N) is 2. The Hall–Kier alpha value is -1.63. The second-order valence-electron chi connectivity index (χ2n) is 5.40. The average Bonchev–Trinajstić information content (AvgIpc) is 2.52. The number of aromatic nitrogens is 1. The Balaban J connectivity index is 2.71. The summed E-state index contributed by atoms with van der Waals surface area (Å²) in [6.07, 6.45) is 0. The summed E-state index contributed by atoms with van der Waals surface area (Å²) < 4.78 is 0. The molecular formula is C12H19N3O3S. The minimum atomic E-state index is -1.06. The number of thiazole rings is 1. The molecule has 0 aliphatic carbocycles. The van der Waals surface area contributed by atoms with Crippen molar-refractivity contribution in [2.45, 2.75) is 40.7 Å². The van der Waals surface area contributed by atoms with E-state index in [0.717, 1.165) is 10.6 Å². The van der Waals surface area contributed by atoms with E-state index in [0.29, 0.717) is 5.13 Å². The molecule has 106 valence electrons. The molecule has 0 saturated carbocycles. The van der Waals surface area contributed by atoms with Gasteiger partial charge in [0.15, 0.2) is 5.13 Å². The molecular weight excluding hydrogens is 266 g/mol. The largest absolute Gasteiger partial charge is 0.480 e. The number of aryl methyl sites for hydroxylation is 2. The first-order valence-corrected chi connectivity index (χ1v) is 6.67. The second-order valence-corrected chi connectivity index (χ2v) is 6.60. The van der Waals surface area contributed by atoms with Gasteiger partial charge in [0.2, 0.25) is 0 Å². The van der Waals surface area contributed by atoms with Gasteiger partial charge >= 0.3 is 12.0 Å². The molecule has 2 amide bonds. The number of urea groups is 1. The molecule has 0 radical (unpaired) electrons. The van der Waals surface area contributed by atoms with Gasteiger partial charge in [0.25, 0.3) is 0 Å². The first kappa shape index (κ1) is 15.4. The van der Waals surface area contributed by atoms with Crippen LogP contribution in [0, 0.1) is 19.3 Å². The number of carbonyl (C=O) groups excluding carboxylic acids is 1. The zero-order valence-electron chi connectivity index (χ0n) is 11.7. The van der Waals surface area contributed by atoms with E-state index in [9.17, 15) is 9.59 Å². The Morgan fingerprint density at radius 1 is 1.32 bits per heavy atom. The fourth-order valence-electron chi connectivity index (χ4n) is 1.44. The molecule has 1 atom stereocenters. The lowest BCUT2D eigenvalue weighted by Crippen LogP contribution is -2.50. The number of anilines is 1. The zero-order valence-corrected chi connectivity index (χ0v) is 12.5. The van der Waals surface area contributed by atoms with Crippen molar-refractivity contribution in [2.75, 3.05) is 5.32 Å². The van der Waals surface area contributed by atoms with Crippen LogP contribution in [0.4, 0.5) is 9.93 Å². The highest BCUT2D eigenvalue weighted by Crippen LogP contribution is 2.22. The lowest BCUT2D eigenvalue weighted by Gasteiger charge is -2.27. The van der Waals surface area contributed by atoms with Gasteiger partial charge in [-0.25, -0.2) is 14.6 Å².